The number of nitrogens with one attached hydrogen (secondary N) is 2. The second-order valence-electron chi connectivity index (χ2n) is 8.33. The lowest BCUT2D eigenvalue weighted by atomic mass is 10.0. The lowest BCUT2D eigenvalue weighted by Gasteiger charge is -2.18. The van der Waals surface area contributed by atoms with Gasteiger partial charge in [0.05, 0.1) is 19.1 Å². The maximum Gasteiger partial charge on any atom is 0.224 e. The number of amides is 1. The van der Waals surface area contributed by atoms with Gasteiger partial charge in [-0.2, -0.15) is 0 Å². The highest BCUT2D eigenvalue weighted by atomic mass is 16.3. The van der Waals surface area contributed by atoms with E-state index in [4.69, 9.17) is 0 Å². The van der Waals surface area contributed by atoms with Crippen LogP contribution in [0.3, 0.4) is 0 Å². The first-order chi connectivity index (χ1) is 15.9. The summed E-state index contributed by atoms with van der Waals surface area (Å²) in [5, 5.41) is 35.7. The van der Waals surface area contributed by atoms with Crippen molar-refractivity contribution < 1.29 is 20.1 Å². The van der Waals surface area contributed by atoms with Crippen LogP contribution in [0.15, 0.2) is 72.8 Å². The minimum atomic E-state index is -0.752. The molecule has 0 aliphatic heterocycles. The summed E-state index contributed by atoms with van der Waals surface area (Å²) in [5.74, 6) is 0.00449. The van der Waals surface area contributed by atoms with E-state index in [1.807, 2.05) is 61.5 Å². The molecule has 0 fully saturated rings. The Labute approximate surface area is 194 Å². The molecule has 0 saturated heterocycles. The summed E-state index contributed by atoms with van der Waals surface area (Å²) in [6.07, 6.45) is 0.330. The van der Waals surface area contributed by atoms with Gasteiger partial charge in [-0.1, -0.05) is 60.7 Å². The van der Waals surface area contributed by atoms with Crippen molar-refractivity contribution in [2.45, 2.75) is 45.1 Å². The number of aromatic hydroxyl groups is 1. The number of rotatable bonds is 11. The number of carbonyl (C=O) groups is 1. The molecule has 3 aromatic carbocycles. The van der Waals surface area contributed by atoms with Crippen molar-refractivity contribution in [1.29, 1.82) is 0 Å². The molecule has 2 atom stereocenters. The van der Waals surface area contributed by atoms with E-state index < -0.39 is 6.10 Å². The molecule has 174 valence electrons. The molecule has 3 rings (SSSR count). The molecule has 6 heteroatoms. The lowest BCUT2D eigenvalue weighted by molar-refractivity contribution is -0.120. The van der Waals surface area contributed by atoms with Gasteiger partial charge < -0.3 is 26.0 Å². The fourth-order valence-corrected chi connectivity index (χ4v) is 3.71. The molecule has 0 unspecified atom stereocenters. The van der Waals surface area contributed by atoms with Crippen LogP contribution < -0.4 is 10.6 Å². The van der Waals surface area contributed by atoms with Gasteiger partial charge >= 0.3 is 0 Å². The van der Waals surface area contributed by atoms with Crippen LogP contribution in [-0.4, -0.2) is 33.8 Å². The monoisotopic (exact) mass is 448 g/mol. The van der Waals surface area contributed by atoms with Crippen LogP contribution in [0.1, 0.15) is 40.8 Å². The van der Waals surface area contributed by atoms with Gasteiger partial charge in [0, 0.05) is 24.7 Å². The summed E-state index contributed by atoms with van der Waals surface area (Å²) >= 11 is 0. The molecule has 33 heavy (non-hydrogen) atoms. The maximum absolute atomic E-state index is 12.3. The van der Waals surface area contributed by atoms with E-state index in [0.717, 1.165) is 23.1 Å². The van der Waals surface area contributed by atoms with Crippen LogP contribution in [0, 0.1) is 0 Å². The third-order valence-corrected chi connectivity index (χ3v) is 5.55. The second-order valence-corrected chi connectivity index (χ2v) is 8.33. The number of benzene rings is 3. The lowest BCUT2D eigenvalue weighted by Crippen LogP contribution is -2.32. The molecule has 0 heterocycles. The largest absolute Gasteiger partial charge is 0.508 e. The Morgan fingerprint density at radius 2 is 1.67 bits per heavy atom. The first-order valence-corrected chi connectivity index (χ1v) is 11.2. The van der Waals surface area contributed by atoms with E-state index >= 15 is 0 Å². The summed E-state index contributed by atoms with van der Waals surface area (Å²) in [6.45, 7) is 2.63. The zero-order chi connectivity index (χ0) is 23.6. The van der Waals surface area contributed by atoms with Crippen molar-refractivity contribution in [3.05, 3.63) is 101 Å². The van der Waals surface area contributed by atoms with E-state index in [0.29, 0.717) is 30.6 Å². The van der Waals surface area contributed by atoms with Crippen molar-refractivity contribution >= 4 is 5.91 Å². The van der Waals surface area contributed by atoms with Crippen LogP contribution in [0.4, 0.5) is 0 Å². The molecule has 1 amide bonds. The molecule has 0 aromatic heterocycles. The minimum Gasteiger partial charge on any atom is -0.508 e. The number of hydrogen-bond acceptors (Lipinski definition) is 5. The predicted molar refractivity (Wildman–Crippen MR) is 129 cm³/mol. The molecule has 5 N–H and O–H groups in total. The van der Waals surface area contributed by atoms with Crippen molar-refractivity contribution in [3.63, 3.8) is 0 Å². The van der Waals surface area contributed by atoms with Crippen molar-refractivity contribution in [1.82, 2.24) is 10.6 Å². The van der Waals surface area contributed by atoms with Gasteiger partial charge in [-0.15, -0.1) is 0 Å². The van der Waals surface area contributed by atoms with E-state index in [9.17, 15) is 20.1 Å². The number of carbonyl (C=O) groups excluding carboxylic acids is 1. The number of aliphatic hydroxyl groups excluding tert-OH is 2. The first-order valence-electron chi connectivity index (χ1n) is 11.2. The van der Waals surface area contributed by atoms with Crippen LogP contribution in [0.5, 0.6) is 5.75 Å². The van der Waals surface area contributed by atoms with E-state index in [-0.39, 0.29) is 24.3 Å². The van der Waals surface area contributed by atoms with Crippen LogP contribution >= 0.6 is 0 Å². The van der Waals surface area contributed by atoms with Gasteiger partial charge in [-0.3, -0.25) is 4.79 Å². The van der Waals surface area contributed by atoms with Crippen molar-refractivity contribution in [2.75, 3.05) is 6.54 Å². The van der Waals surface area contributed by atoms with E-state index in [1.165, 1.54) is 6.07 Å². The number of aliphatic hydroxyl groups is 2. The van der Waals surface area contributed by atoms with Gasteiger partial charge in [0.2, 0.25) is 5.91 Å². The standard InChI is InChI=1S/C27H32N2O4/c1-19(28-17-26(32)23-10-11-25(31)24(15-23)18-30)12-21-8-5-9-22(13-21)14-27(33)29-16-20-6-3-2-4-7-20/h2-11,13,15,19,26,28,30-32H,12,14,16-18H2,1H3,(H,29,33)/t19-,26-/m1/s1. The summed E-state index contributed by atoms with van der Waals surface area (Å²) in [5.41, 5.74) is 4.18. The van der Waals surface area contributed by atoms with Crippen LogP contribution in [0.2, 0.25) is 0 Å². The minimum absolute atomic E-state index is 0.0126. The average Bonchev–Trinajstić information content (AvgIpc) is 2.82. The third kappa shape index (κ3) is 7.71. The molecule has 6 nitrogen and oxygen atoms in total. The van der Waals surface area contributed by atoms with Crippen LogP contribution in [-0.2, 0) is 30.8 Å². The Morgan fingerprint density at radius 3 is 2.42 bits per heavy atom. The van der Waals surface area contributed by atoms with Gasteiger partial charge in [0.15, 0.2) is 0 Å². The van der Waals surface area contributed by atoms with Gasteiger partial charge in [-0.25, -0.2) is 0 Å². The van der Waals surface area contributed by atoms with Gasteiger partial charge in [0.25, 0.3) is 0 Å². The first kappa shape index (κ1) is 24.5. The van der Waals surface area contributed by atoms with Gasteiger partial charge in [-0.05, 0) is 47.7 Å². The topological polar surface area (TPSA) is 102 Å². The maximum atomic E-state index is 12.3. The summed E-state index contributed by atoms with van der Waals surface area (Å²) in [6, 6.07) is 22.7. The Kier molecular flexibility index (Phi) is 9.01. The second kappa shape index (κ2) is 12.2. The Hall–Kier alpha value is -3.19. The molecule has 0 saturated carbocycles. The SMILES string of the molecule is C[C@H](Cc1cccc(CC(=O)NCc2ccccc2)c1)NC[C@@H](O)c1ccc(O)c(CO)c1. The molecule has 0 aliphatic carbocycles. The van der Waals surface area contributed by atoms with Crippen molar-refractivity contribution in [3.8, 4) is 5.75 Å². The Bertz CT molecular complexity index is 1040. The molecule has 3 aromatic rings. The zero-order valence-electron chi connectivity index (χ0n) is 18.9. The Balaban J connectivity index is 1.47. The molecule has 0 aliphatic rings. The molecule has 0 spiro atoms. The highest BCUT2D eigenvalue weighted by Crippen LogP contribution is 2.22. The zero-order valence-corrected chi connectivity index (χ0v) is 18.9. The fourth-order valence-electron chi connectivity index (χ4n) is 3.71. The molecular weight excluding hydrogens is 416 g/mol. The molecular formula is C27H32N2O4. The highest BCUT2D eigenvalue weighted by Gasteiger charge is 2.13. The normalized spacial score (nSPS) is 12.8. The third-order valence-electron chi connectivity index (χ3n) is 5.55. The molecule has 0 radical (unpaired) electrons. The smallest absolute Gasteiger partial charge is 0.224 e. The summed E-state index contributed by atoms with van der Waals surface area (Å²) < 4.78 is 0. The predicted octanol–water partition coefficient (Wildman–Crippen LogP) is 3.00. The average molecular weight is 449 g/mol. The molecule has 0 bridgehead atoms. The summed E-state index contributed by atoms with van der Waals surface area (Å²) in [7, 11) is 0. The van der Waals surface area contributed by atoms with Gasteiger partial charge in [0.1, 0.15) is 5.75 Å². The van der Waals surface area contributed by atoms with Crippen molar-refractivity contribution in [2.24, 2.45) is 0 Å². The Morgan fingerprint density at radius 1 is 0.939 bits per heavy atom. The highest BCUT2D eigenvalue weighted by molar-refractivity contribution is 5.78. The number of hydrogen-bond donors (Lipinski definition) is 5. The number of phenols is 1. The quantitative estimate of drug-likeness (QED) is 0.310. The van der Waals surface area contributed by atoms with E-state index in [1.54, 1.807) is 12.1 Å². The fraction of sp³-hybridized carbons (Fsp3) is 0.296. The van der Waals surface area contributed by atoms with Crippen LogP contribution in [0.25, 0.3) is 0 Å². The van der Waals surface area contributed by atoms with E-state index in [2.05, 4.69) is 10.6 Å². The summed E-state index contributed by atoms with van der Waals surface area (Å²) in [4.78, 5) is 12.3.